The van der Waals surface area contributed by atoms with Gasteiger partial charge < -0.3 is 4.74 Å². The van der Waals surface area contributed by atoms with Crippen molar-refractivity contribution in [1.29, 1.82) is 0 Å². The number of rotatable bonds is 10. The van der Waals surface area contributed by atoms with E-state index >= 15 is 0 Å². The van der Waals surface area contributed by atoms with E-state index in [2.05, 4.69) is 44.1 Å². The number of anilines is 1. The van der Waals surface area contributed by atoms with Gasteiger partial charge in [0.05, 0.1) is 12.3 Å². The number of barbiturate groups is 1. The van der Waals surface area contributed by atoms with Crippen molar-refractivity contribution in [1.82, 2.24) is 5.32 Å². The quantitative estimate of drug-likeness (QED) is 0.196. The number of benzene rings is 2. The van der Waals surface area contributed by atoms with Gasteiger partial charge >= 0.3 is 6.03 Å². The van der Waals surface area contributed by atoms with E-state index in [9.17, 15) is 14.4 Å². The Balaban J connectivity index is 1.79. The fourth-order valence-electron chi connectivity index (χ4n) is 3.47. The first-order valence-corrected chi connectivity index (χ1v) is 12.6. The topological polar surface area (TPSA) is 75.7 Å². The lowest BCUT2D eigenvalue weighted by molar-refractivity contribution is -0.122. The third-order valence-electron chi connectivity index (χ3n) is 5.21. The summed E-state index contributed by atoms with van der Waals surface area (Å²) in [6.45, 7) is 2.74. The van der Waals surface area contributed by atoms with Crippen LogP contribution in [0.3, 0.4) is 0 Å². The number of nitrogens with one attached hydrogen (secondary N) is 1. The summed E-state index contributed by atoms with van der Waals surface area (Å²) in [5, 5.41) is 2.25. The average molecular weight is 578 g/mol. The summed E-state index contributed by atoms with van der Waals surface area (Å²) in [4.78, 5) is 39.0. The number of ether oxygens (including phenoxy) is 1. The second-order valence-corrected chi connectivity index (χ2v) is 9.56. The first-order chi connectivity index (χ1) is 15.9. The number of carbonyl (C=O) groups excluding carboxylic acids is 3. The van der Waals surface area contributed by atoms with Crippen molar-refractivity contribution in [2.75, 3.05) is 11.5 Å². The molecule has 174 valence electrons. The Morgan fingerprint density at radius 3 is 2.30 bits per heavy atom. The van der Waals surface area contributed by atoms with Gasteiger partial charge in [0.1, 0.15) is 11.3 Å². The van der Waals surface area contributed by atoms with Crippen LogP contribution in [0.4, 0.5) is 10.5 Å². The highest BCUT2D eigenvalue weighted by molar-refractivity contribution is 9.10. The first-order valence-electron chi connectivity index (χ1n) is 11.0. The van der Waals surface area contributed by atoms with Crippen LogP contribution in [0.2, 0.25) is 0 Å². The summed E-state index contributed by atoms with van der Waals surface area (Å²) in [5.41, 5.74) is 0.812. The standard InChI is InChI=1S/C25H26Br2N2O4/c1-2-3-4-5-6-7-14-33-22-13-10-19(27)15-17(22)16-21-23(30)28-25(32)29(24(21)31)20-11-8-18(26)9-12-20/h8-13,15-16H,2-7,14H2,1H3,(H,28,30,32)/b21-16+. The molecule has 1 aliphatic heterocycles. The maximum Gasteiger partial charge on any atom is 0.335 e. The molecule has 0 spiro atoms. The van der Waals surface area contributed by atoms with Gasteiger partial charge in [0.2, 0.25) is 0 Å². The Bertz CT molecular complexity index is 1050. The molecule has 0 radical (unpaired) electrons. The molecule has 1 aliphatic rings. The summed E-state index contributed by atoms with van der Waals surface area (Å²) >= 11 is 6.77. The number of hydrogen-bond acceptors (Lipinski definition) is 4. The number of urea groups is 1. The second kappa shape index (κ2) is 12.1. The normalized spacial score (nSPS) is 15.2. The Morgan fingerprint density at radius 2 is 1.58 bits per heavy atom. The number of amides is 4. The lowest BCUT2D eigenvalue weighted by atomic mass is 10.1. The Hall–Kier alpha value is -2.45. The molecule has 0 atom stereocenters. The van der Waals surface area contributed by atoms with Crippen molar-refractivity contribution >= 4 is 61.5 Å². The summed E-state index contributed by atoms with van der Waals surface area (Å²) < 4.78 is 7.55. The molecule has 0 unspecified atom stereocenters. The van der Waals surface area contributed by atoms with Crippen molar-refractivity contribution in [3.05, 3.63) is 62.5 Å². The highest BCUT2D eigenvalue weighted by Crippen LogP contribution is 2.28. The number of nitrogens with zero attached hydrogens (tertiary/aromatic N) is 1. The van der Waals surface area contributed by atoms with Crippen molar-refractivity contribution in [2.24, 2.45) is 0 Å². The number of imide groups is 2. The van der Waals surface area contributed by atoms with Gasteiger partial charge in [-0.2, -0.15) is 0 Å². The molecule has 0 aromatic heterocycles. The maximum absolute atomic E-state index is 13.1. The van der Waals surface area contributed by atoms with Crippen LogP contribution in [-0.2, 0) is 9.59 Å². The summed E-state index contributed by atoms with van der Waals surface area (Å²) in [7, 11) is 0. The molecule has 2 aromatic rings. The third kappa shape index (κ3) is 6.77. The largest absolute Gasteiger partial charge is 0.493 e. The van der Waals surface area contributed by atoms with Crippen molar-refractivity contribution in [3.8, 4) is 5.75 Å². The van der Waals surface area contributed by atoms with Crippen LogP contribution in [0.25, 0.3) is 6.08 Å². The second-order valence-electron chi connectivity index (χ2n) is 7.73. The smallest absolute Gasteiger partial charge is 0.335 e. The Labute approximate surface area is 210 Å². The SMILES string of the molecule is CCCCCCCCOc1ccc(Br)cc1/C=C1\C(=O)NC(=O)N(c2ccc(Br)cc2)C1=O. The van der Waals surface area contributed by atoms with Gasteiger partial charge in [-0.05, 0) is 55.0 Å². The molecule has 4 amide bonds. The van der Waals surface area contributed by atoms with Gasteiger partial charge in [-0.25, -0.2) is 9.69 Å². The van der Waals surface area contributed by atoms with Crippen LogP contribution in [0.1, 0.15) is 51.0 Å². The molecule has 1 fully saturated rings. The van der Waals surface area contributed by atoms with Crippen molar-refractivity contribution in [2.45, 2.75) is 45.4 Å². The number of unbranched alkanes of at least 4 members (excludes halogenated alkanes) is 5. The summed E-state index contributed by atoms with van der Waals surface area (Å²) in [5.74, 6) is -0.847. The molecule has 0 aliphatic carbocycles. The predicted octanol–water partition coefficient (Wildman–Crippen LogP) is 6.62. The highest BCUT2D eigenvalue weighted by atomic mass is 79.9. The van der Waals surface area contributed by atoms with E-state index in [1.165, 1.54) is 31.8 Å². The zero-order chi connectivity index (χ0) is 23.8. The van der Waals surface area contributed by atoms with Gasteiger partial charge in [0.25, 0.3) is 11.8 Å². The molecule has 2 aromatic carbocycles. The molecule has 8 heteroatoms. The van der Waals surface area contributed by atoms with Crippen LogP contribution < -0.4 is 15.0 Å². The first kappa shape index (κ1) is 25.2. The fraction of sp³-hybridized carbons (Fsp3) is 0.320. The van der Waals surface area contributed by atoms with Crippen LogP contribution in [0.15, 0.2) is 57.0 Å². The fourth-order valence-corrected chi connectivity index (χ4v) is 4.11. The number of hydrogen-bond donors (Lipinski definition) is 1. The minimum atomic E-state index is -0.779. The van der Waals surface area contributed by atoms with Gasteiger partial charge in [-0.3, -0.25) is 14.9 Å². The minimum Gasteiger partial charge on any atom is -0.493 e. The summed E-state index contributed by atoms with van der Waals surface area (Å²) in [6, 6.07) is 11.3. The van der Waals surface area contributed by atoms with E-state index in [0.717, 1.165) is 26.7 Å². The third-order valence-corrected chi connectivity index (χ3v) is 6.24. The lowest BCUT2D eigenvalue weighted by Crippen LogP contribution is -2.54. The monoisotopic (exact) mass is 576 g/mol. The number of carbonyl (C=O) groups is 3. The zero-order valence-electron chi connectivity index (χ0n) is 18.4. The maximum atomic E-state index is 13.1. The minimum absolute atomic E-state index is 0.139. The van der Waals surface area contributed by atoms with E-state index in [1.54, 1.807) is 36.4 Å². The predicted molar refractivity (Wildman–Crippen MR) is 136 cm³/mol. The summed E-state index contributed by atoms with van der Waals surface area (Å²) in [6.07, 6.45) is 8.38. The molecule has 1 N–H and O–H groups in total. The van der Waals surface area contributed by atoms with E-state index in [0.29, 0.717) is 23.6 Å². The molecule has 33 heavy (non-hydrogen) atoms. The Kier molecular flexibility index (Phi) is 9.26. The van der Waals surface area contributed by atoms with E-state index in [4.69, 9.17) is 4.74 Å². The van der Waals surface area contributed by atoms with Crippen LogP contribution >= 0.6 is 31.9 Å². The Morgan fingerprint density at radius 1 is 0.909 bits per heavy atom. The number of halogens is 2. The molecule has 0 saturated carbocycles. The molecular weight excluding hydrogens is 552 g/mol. The zero-order valence-corrected chi connectivity index (χ0v) is 21.6. The van der Waals surface area contributed by atoms with Crippen LogP contribution in [0, 0.1) is 0 Å². The lowest BCUT2D eigenvalue weighted by Gasteiger charge is -2.26. The van der Waals surface area contributed by atoms with Crippen molar-refractivity contribution in [3.63, 3.8) is 0 Å². The van der Waals surface area contributed by atoms with Crippen LogP contribution in [-0.4, -0.2) is 24.5 Å². The van der Waals surface area contributed by atoms with E-state index in [1.807, 2.05) is 6.07 Å². The van der Waals surface area contributed by atoms with Gasteiger partial charge in [-0.1, -0.05) is 70.9 Å². The van der Waals surface area contributed by atoms with Gasteiger partial charge in [-0.15, -0.1) is 0 Å². The van der Waals surface area contributed by atoms with Crippen molar-refractivity contribution < 1.29 is 19.1 Å². The van der Waals surface area contributed by atoms with E-state index < -0.39 is 17.8 Å². The molecule has 3 rings (SSSR count). The molecule has 0 bridgehead atoms. The van der Waals surface area contributed by atoms with Crippen LogP contribution in [0.5, 0.6) is 5.75 Å². The molecule has 1 heterocycles. The average Bonchev–Trinajstić information content (AvgIpc) is 2.78. The molecule has 1 saturated heterocycles. The highest BCUT2D eigenvalue weighted by Gasteiger charge is 2.37. The van der Waals surface area contributed by atoms with Gasteiger partial charge in [0, 0.05) is 14.5 Å². The van der Waals surface area contributed by atoms with E-state index in [-0.39, 0.29) is 5.57 Å². The molecule has 6 nitrogen and oxygen atoms in total. The molecular formula is C25H26Br2N2O4. The van der Waals surface area contributed by atoms with Gasteiger partial charge in [0.15, 0.2) is 0 Å².